The van der Waals surface area contributed by atoms with Gasteiger partial charge in [0.05, 0.1) is 6.04 Å². The number of aliphatic hydroxyl groups is 1. The van der Waals surface area contributed by atoms with Gasteiger partial charge in [-0.05, 0) is 82.8 Å². The Hall–Kier alpha value is -3.38. The fourth-order valence-corrected chi connectivity index (χ4v) is 3.89. The van der Waals surface area contributed by atoms with Crippen LogP contribution in [0.4, 0.5) is 5.69 Å². The Morgan fingerprint density at radius 3 is 2.31 bits per heavy atom. The quantitative estimate of drug-likeness (QED) is 0.281. The van der Waals surface area contributed by atoms with Gasteiger partial charge in [-0.3, -0.25) is 9.78 Å². The van der Waals surface area contributed by atoms with Gasteiger partial charge in [0.15, 0.2) is 0 Å². The summed E-state index contributed by atoms with van der Waals surface area (Å²) in [7, 11) is 0. The van der Waals surface area contributed by atoms with Crippen molar-refractivity contribution in [3.8, 4) is 0 Å². The van der Waals surface area contributed by atoms with Crippen LogP contribution in [0.2, 0.25) is 0 Å². The Morgan fingerprint density at radius 2 is 1.75 bits per heavy atom. The minimum atomic E-state index is -0.205. The molecule has 1 aliphatic heterocycles. The van der Waals surface area contributed by atoms with Gasteiger partial charge in [-0.25, -0.2) is 0 Å². The summed E-state index contributed by atoms with van der Waals surface area (Å²) in [5.41, 5.74) is 5.35. The van der Waals surface area contributed by atoms with Crippen LogP contribution >= 0.6 is 0 Å². The predicted molar refractivity (Wildman–Crippen MR) is 154 cm³/mol. The highest BCUT2D eigenvalue weighted by Gasteiger charge is 2.19. The van der Waals surface area contributed by atoms with Crippen LogP contribution in [-0.2, 0) is 0 Å². The number of aryl methyl sites for hydroxylation is 3. The molecule has 0 amide bonds. The molecular formula is C30H44N4O2. The SMILES string of the molecule is C=C.C=C(O)c1cc(C)ccc1NC(C)c1ccc[nH]c(=O)cc(C)nc1C.CC1(C)CCNCC1. The minimum absolute atomic E-state index is 0.0232. The number of anilines is 1. The second-order valence-corrected chi connectivity index (χ2v) is 9.75. The van der Waals surface area contributed by atoms with Crippen LogP contribution < -0.4 is 16.2 Å². The molecule has 0 saturated carbocycles. The van der Waals surface area contributed by atoms with Gasteiger partial charge in [0.2, 0.25) is 5.56 Å². The van der Waals surface area contributed by atoms with E-state index in [9.17, 15) is 9.90 Å². The third kappa shape index (κ3) is 10.5. The summed E-state index contributed by atoms with van der Waals surface area (Å²) in [6.45, 7) is 24.4. The zero-order valence-corrected chi connectivity index (χ0v) is 22.9. The van der Waals surface area contributed by atoms with E-state index in [-0.39, 0.29) is 17.4 Å². The second-order valence-electron chi connectivity index (χ2n) is 9.75. The molecule has 6 nitrogen and oxygen atoms in total. The molecular weight excluding hydrogens is 448 g/mol. The van der Waals surface area contributed by atoms with Crippen LogP contribution in [0.3, 0.4) is 0 Å². The van der Waals surface area contributed by atoms with E-state index in [1.165, 1.54) is 32.0 Å². The Morgan fingerprint density at radius 1 is 1.11 bits per heavy atom. The lowest BCUT2D eigenvalue weighted by molar-refractivity contribution is 0.259. The van der Waals surface area contributed by atoms with Crippen molar-refractivity contribution in [2.75, 3.05) is 18.4 Å². The first kappa shape index (κ1) is 30.7. The average Bonchev–Trinajstić information content (AvgIpc) is 2.81. The zero-order valence-electron chi connectivity index (χ0n) is 22.9. The topological polar surface area (TPSA) is 90.0 Å². The van der Waals surface area contributed by atoms with Gasteiger partial charge < -0.3 is 20.7 Å². The second kappa shape index (κ2) is 14.9. The number of aliphatic hydroxyl groups excluding tert-OH is 1. The van der Waals surface area contributed by atoms with E-state index in [1.807, 2.05) is 45.0 Å². The summed E-state index contributed by atoms with van der Waals surface area (Å²) in [6.07, 6.45) is 4.28. The van der Waals surface area contributed by atoms with Gasteiger partial charge >= 0.3 is 0 Å². The molecule has 1 atom stereocenters. The van der Waals surface area contributed by atoms with E-state index < -0.39 is 0 Å². The van der Waals surface area contributed by atoms with Crippen molar-refractivity contribution >= 4 is 11.4 Å². The van der Waals surface area contributed by atoms with E-state index in [2.05, 4.69) is 54.2 Å². The first-order valence-electron chi connectivity index (χ1n) is 12.4. The largest absolute Gasteiger partial charge is 0.508 e. The molecule has 2 heterocycles. The highest BCUT2D eigenvalue weighted by atomic mass is 16.3. The molecule has 1 saturated heterocycles. The van der Waals surface area contributed by atoms with E-state index in [4.69, 9.17) is 0 Å². The van der Waals surface area contributed by atoms with Crippen LogP contribution in [0.15, 0.2) is 67.1 Å². The molecule has 1 aliphatic rings. The summed E-state index contributed by atoms with van der Waals surface area (Å²) < 4.78 is 0. The van der Waals surface area contributed by atoms with E-state index >= 15 is 0 Å². The third-order valence-corrected chi connectivity index (χ3v) is 5.98. The van der Waals surface area contributed by atoms with E-state index in [0.717, 1.165) is 22.5 Å². The maximum atomic E-state index is 11.6. The number of aromatic nitrogens is 2. The van der Waals surface area contributed by atoms with E-state index in [1.54, 1.807) is 19.2 Å². The van der Waals surface area contributed by atoms with Crippen LogP contribution in [-0.4, -0.2) is 28.2 Å². The van der Waals surface area contributed by atoms with Crippen LogP contribution in [0.5, 0.6) is 0 Å². The number of hydrogen-bond donors (Lipinski definition) is 4. The number of aromatic amines is 1. The molecule has 0 aliphatic carbocycles. The predicted octanol–water partition coefficient (Wildman–Crippen LogP) is 6.72. The summed E-state index contributed by atoms with van der Waals surface area (Å²) >= 11 is 0. The summed E-state index contributed by atoms with van der Waals surface area (Å²) in [6, 6.07) is 10.9. The van der Waals surface area contributed by atoms with Crippen molar-refractivity contribution in [1.29, 1.82) is 0 Å². The molecule has 0 bridgehead atoms. The number of benzene rings is 1. The van der Waals surface area contributed by atoms with Gasteiger partial charge in [0.1, 0.15) is 5.76 Å². The number of H-pyrrole nitrogens is 1. The molecule has 0 spiro atoms. The van der Waals surface area contributed by atoms with Gasteiger partial charge in [-0.1, -0.05) is 38.1 Å². The lowest BCUT2D eigenvalue weighted by atomic mass is 9.83. The fraction of sp³-hybridized carbons (Fsp3) is 0.400. The lowest BCUT2D eigenvalue weighted by Crippen LogP contribution is -2.32. The van der Waals surface area contributed by atoms with Gasteiger partial charge in [-0.15, -0.1) is 13.2 Å². The maximum absolute atomic E-state index is 11.6. The number of nitrogens with one attached hydrogen (secondary N) is 3. The third-order valence-electron chi connectivity index (χ3n) is 5.98. The Kier molecular flexibility index (Phi) is 12.7. The highest BCUT2D eigenvalue weighted by molar-refractivity contribution is 5.71. The number of nitrogens with zero attached hydrogens (tertiary/aromatic N) is 1. The van der Waals surface area contributed by atoms with Crippen molar-refractivity contribution in [3.63, 3.8) is 0 Å². The monoisotopic (exact) mass is 492 g/mol. The molecule has 3 rings (SSSR count). The Labute approximate surface area is 216 Å². The van der Waals surface area contributed by atoms with Gasteiger partial charge in [0, 0.05) is 34.9 Å². The fourth-order valence-electron chi connectivity index (χ4n) is 3.89. The number of piperidine rings is 1. The molecule has 1 fully saturated rings. The molecule has 1 aromatic heterocycles. The van der Waals surface area contributed by atoms with Crippen molar-refractivity contribution < 1.29 is 5.11 Å². The standard InChI is InChI=1S/C21H25N3O2.C7H15N.C2H4/c1-13-8-9-20(19(11-13)17(5)25)24-16(4)18-7-6-10-22-21(26)12-14(2)23-15(18)3;1-7(2)3-5-8-6-4-7;1-2/h6-12,16,24-25H,5H2,1-4H3,(H,22,26);8H,3-6H2,1-2H3;1-2H2. The Balaban J connectivity index is 0.000000543. The number of hydrogen-bond acceptors (Lipinski definition) is 5. The van der Waals surface area contributed by atoms with Crippen molar-refractivity contribution in [3.05, 3.63) is 101 Å². The summed E-state index contributed by atoms with van der Waals surface area (Å²) in [4.78, 5) is 18.8. The molecule has 196 valence electrons. The molecule has 0 radical (unpaired) electrons. The zero-order chi connectivity index (χ0) is 27.3. The smallest absolute Gasteiger partial charge is 0.249 e. The van der Waals surface area contributed by atoms with Crippen molar-refractivity contribution in [2.24, 2.45) is 5.41 Å². The lowest BCUT2D eigenvalue weighted by Gasteiger charge is -2.29. The van der Waals surface area contributed by atoms with Crippen molar-refractivity contribution in [2.45, 2.75) is 60.4 Å². The first-order chi connectivity index (χ1) is 17.0. The maximum Gasteiger partial charge on any atom is 0.249 e. The highest BCUT2D eigenvalue weighted by Crippen LogP contribution is 2.27. The normalized spacial score (nSPS) is 14.5. The molecule has 1 aromatic carbocycles. The molecule has 2 aromatic rings. The van der Waals surface area contributed by atoms with Crippen LogP contribution in [0, 0.1) is 26.2 Å². The average molecular weight is 493 g/mol. The van der Waals surface area contributed by atoms with E-state index in [0.29, 0.717) is 16.7 Å². The number of rotatable bonds is 4. The van der Waals surface area contributed by atoms with Crippen molar-refractivity contribution in [1.82, 2.24) is 15.3 Å². The Bertz CT molecular complexity index is 1110. The molecule has 1 unspecified atom stereocenters. The molecule has 6 heteroatoms. The molecule has 4 N–H and O–H groups in total. The minimum Gasteiger partial charge on any atom is -0.508 e. The van der Waals surface area contributed by atoms with Crippen LogP contribution in [0.25, 0.3) is 5.76 Å². The van der Waals surface area contributed by atoms with Gasteiger partial charge in [0.25, 0.3) is 0 Å². The summed E-state index contributed by atoms with van der Waals surface area (Å²) in [5.74, 6) is 0.0232. The van der Waals surface area contributed by atoms with Crippen LogP contribution in [0.1, 0.15) is 67.7 Å². The molecule has 36 heavy (non-hydrogen) atoms. The summed E-state index contributed by atoms with van der Waals surface area (Å²) in [5, 5.41) is 16.6. The van der Waals surface area contributed by atoms with Gasteiger partial charge in [-0.2, -0.15) is 0 Å². The first-order valence-corrected chi connectivity index (χ1v) is 12.4.